The number of fused-ring (bicyclic) bond motifs is 1. The summed E-state index contributed by atoms with van der Waals surface area (Å²) >= 11 is 0. The Bertz CT molecular complexity index is 1000. The van der Waals surface area contributed by atoms with E-state index in [1.54, 1.807) is 7.11 Å². The van der Waals surface area contributed by atoms with Crippen LogP contribution in [0.15, 0.2) is 12.1 Å². The molecule has 3 aliphatic rings. The van der Waals surface area contributed by atoms with E-state index in [0.717, 1.165) is 60.6 Å². The van der Waals surface area contributed by atoms with Crippen LogP contribution in [0.4, 0.5) is 5.82 Å². The second-order valence-electron chi connectivity index (χ2n) is 12.0. The fourth-order valence-corrected chi connectivity index (χ4v) is 6.67. The molecule has 1 aromatic heterocycles. The second kappa shape index (κ2) is 13.9. The van der Waals surface area contributed by atoms with Crippen LogP contribution in [-0.4, -0.2) is 71.7 Å². The van der Waals surface area contributed by atoms with E-state index in [9.17, 15) is 0 Å². The number of hydrogen-bond acceptors (Lipinski definition) is 6. The number of benzene rings is 1. The highest BCUT2D eigenvalue weighted by atomic mass is 16.5. The van der Waals surface area contributed by atoms with Gasteiger partial charge in [0.15, 0.2) is 0 Å². The molecule has 3 fully saturated rings. The lowest BCUT2D eigenvalue weighted by molar-refractivity contribution is 0.177. The van der Waals surface area contributed by atoms with Gasteiger partial charge in [0, 0.05) is 36.5 Å². The van der Waals surface area contributed by atoms with Crippen molar-refractivity contribution in [2.75, 3.05) is 45.2 Å². The number of piperidine rings is 1. The molecule has 38 heavy (non-hydrogen) atoms. The van der Waals surface area contributed by atoms with Gasteiger partial charge in [-0.3, -0.25) is 0 Å². The summed E-state index contributed by atoms with van der Waals surface area (Å²) in [5.74, 6) is 3.56. The van der Waals surface area contributed by atoms with Gasteiger partial charge in [-0.25, -0.2) is 9.97 Å². The molecule has 1 N–H and O–H groups in total. The zero-order valence-corrected chi connectivity index (χ0v) is 23.6. The molecule has 212 valence electrons. The van der Waals surface area contributed by atoms with E-state index < -0.39 is 0 Å². The van der Waals surface area contributed by atoms with E-state index in [2.05, 4.69) is 41.1 Å². The lowest BCUT2D eigenvalue weighted by Crippen LogP contribution is -2.42. The lowest BCUT2D eigenvalue weighted by Gasteiger charge is -2.35. The van der Waals surface area contributed by atoms with Crippen LogP contribution >= 0.6 is 0 Å². The highest BCUT2D eigenvalue weighted by Crippen LogP contribution is 2.36. The Morgan fingerprint density at radius 2 is 1.66 bits per heavy atom. The molecule has 6 nitrogen and oxygen atoms in total. The third kappa shape index (κ3) is 7.18. The number of ether oxygens (including phenoxy) is 1. The number of likely N-dealkylation sites (tertiary alicyclic amines) is 2. The van der Waals surface area contributed by atoms with Crippen molar-refractivity contribution >= 4 is 16.7 Å². The maximum absolute atomic E-state index is 5.92. The first-order chi connectivity index (χ1) is 18.1. The number of unbranched alkanes of at least 4 members (excludes halogenated alkanes) is 1. The average molecular weight is 524 g/mol. The number of nitrogens with one attached hydrogen (secondary N) is 1. The predicted molar refractivity (Wildman–Crippen MR) is 161 cm³/mol. The minimum atomic E-state index is 0. The number of aromatic nitrogens is 2. The fraction of sp³-hybridized carbons (Fsp3) is 0.750. The molecular formula is C32H53N5O. The van der Waals surface area contributed by atoms with Gasteiger partial charge in [-0.1, -0.05) is 26.7 Å². The van der Waals surface area contributed by atoms with Gasteiger partial charge in [0.1, 0.15) is 17.4 Å². The first-order valence-electron chi connectivity index (χ1n) is 15.2. The molecule has 0 atom stereocenters. The topological polar surface area (TPSA) is 53.5 Å². The van der Waals surface area contributed by atoms with Gasteiger partial charge in [0.05, 0.1) is 12.6 Å². The van der Waals surface area contributed by atoms with Gasteiger partial charge >= 0.3 is 0 Å². The Balaban J connectivity index is 0.00000336. The average Bonchev–Trinajstić information content (AvgIpc) is 3.45. The summed E-state index contributed by atoms with van der Waals surface area (Å²) in [6.45, 7) is 10.7. The van der Waals surface area contributed by atoms with Crippen LogP contribution in [0.1, 0.15) is 109 Å². The van der Waals surface area contributed by atoms with Crippen LogP contribution in [0.3, 0.4) is 0 Å². The lowest BCUT2D eigenvalue weighted by atomic mass is 9.88. The molecule has 0 bridgehead atoms. The van der Waals surface area contributed by atoms with Crippen molar-refractivity contribution in [2.45, 2.75) is 116 Å². The van der Waals surface area contributed by atoms with Gasteiger partial charge in [0.2, 0.25) is 0 Å². The largest absolute Gasteiger partial charge is 0.496 e. The Morgan fingerprint density at radius 3 is 2.34 bits per heavy atom. The van der Waals surface area contributed by atoms with Crippen LogP contribution < -0.4 is 10.1 Å². The first kappa shape index (κ1) is 29.1. The minimum Gasteiger partial charge on any atom is -0.496 e. The Kier molecular flexibility index (Phi) is 10.7. The standard InChI is InChI=1S/C31H49N5O.CH4/c1-23(2)36-19-14-26(15-20-36)32-31-27-22-29(37-3)25(13-7-8-16-35-17-9-10-18-35)21-28(27)33-30(34-31)24-11-5-4-6-12-24;/h21-24,26H,4-20H2,1-3H3,(H,32,33,34);1H4. The van der Waals surface area contributed by atoms with Gasteiger partial charge < -0.3 is 19.9 Å². The molecule has 1 aliphatic carbocycles. The number of rotatable bonds is 10. The molecule has 6 heteroatoms. The Labute approximate surface area is 231 Å². The van der Waals surface area contributed by atoms with E-state index in [0.29, 0.717) is 18.0 Å². The highest BCUT2D eigenvalue weighted by molar-refractivity contribution is 5.91. The summed E-state index contributed by atoms with van der Waals surface area (Å²) in [5, 5.41) is 4.99. The van der Waals surface area contributed by atoms with E-state index in [4.69, 9.17) is 14.7 Å². The summed E-state index contributed by atoms with van der Waals surface area (Å²) in [6, 6.07) is 5.60. The molecule has 0 amide bonds. The molecular weight excluding hydrogens is 470 g/mol. The third-order valence-electron chi connectivity index (χ3n) is 9.06. The summed E-state index contributed by atoms with van der Waals surface area (Å²) < 4.78 is 5.92. The number of nitrogens with zero attached hydrogens (tertiary/aromatic N) is 4. The van der Waals surface area contributed by atoms with Gasteiger partial charge in [-0.15, -0.1) is 0 Å². The van der Waals surface area contributed by atoms with Crippen LogP contribution in [-0.2, 0) is 6.42 Å². The highest BCUT2D eigenvalue weighted by Gasteiger charge is 2.25. The molecule has 1 saturated carbocycles. The fourth-order valence-electron chi connectivity index (χ4n) is 6.67. The molecule has 1 aromatic carbocycles. The zero-order chi connectivity index (χ0) is 25.6. The minimum absolute atomic E-state index is 0. The van der Waals surface area contributed by atoms with Crippen molar-refractivity contribution < 1.29 is 4.74 Å². The first-order valence-corrected chi connectivity index (χ1v) is 15.2. The molecule has 2 aliphatic heterocycles. The molecule has 0 radical (unpaired) electrons. The summed E-state index contributed by atoms with van der Waals surface area (Å²) in [4.78, 5) is 15.6. The molecule has 3 heterocycles. The van der Waals surface area contributed by atoms with E-state index in [-0.39, 0.29) is 7.43 Å². The number of anilines is 1. The maximum Gasteiger partial charge on any atom is 0.138 e. The van der Waals surface area contributed by atoms with Crippen LogP contribution in [0.25, 0.3) is 10.9 Å². The molecule has 0 spiro atoms. The van der Waals surface area contributed by atoms with Gasteiger partial charge in [0.25, 0.3) is 0 Å². The van der Waals surface area contributed by atoms with Gasteiger partial charge in [-0.05, 0) is 109 Å². The van der Waals surface area contributed by atoms with Crippen molar-refractivity contribution in [3.8, 4) is 5.75 Å². The van der Waals surface area contributed by atoms with E-state index in [1.165, 1.54) is 83.0 Å². The monoisotopic (exact) mass is 523 g/mol. The Hall–Kier alpha value is -1.92. The molecule has 2 aromatic rings. The number of methoxy groups -OCH3 is 1. The van der Waals surface area contributed by atoms with Crippen LogP contribution in [0.2, 0.25) is 0 Å². The SMILES string of the molecule is C.COc1cc2c(NC3CCN(C(C)C)CC3)nc(C3CCCCC3)nc2cc1CCCCN1CCCC1. The van der Waals surface area contributed by atoms with Crippen LogP contribution in [0, 0.1) is 0 Å². The van der Waals surface area contributed by atoms with Crippen molar-refractivity contribution in [1.82, 2.24) is 19.8 Å². The summed E-state index contributed by atoms with van der Waals surface area (Å²) in [6.07, 6.45) is 14.9. The predicted octanol–water partition coefficient (Wildman–Crippen LogP) is 7.03. The van der Waals surface area contributed by atoms with Crippen molar-refractivity contribution in [3.63, 3.8) is 0 Å². The van der Waals surface area contributed by atoms with E-state index >= 15 is 0 Å². The number of aryl methyl sites for hydroxylation is 1. The third-order valence-corrected chi connectivity index (χ3v) is 9.06. The van der Waals surface area contributed by atoms with Crippen molar-refractivity contribution in [3.05, 3.63) is 23.5 Å². The zero-order valence-electron chi connectivity index (χ0n) is 23.6. The van der Waals surface area contributed by atoms with Crippen molar-refractivity contribution in [2.24, 2.45) is 0 Å². The molecule has 2 saturated heterocycles. The van der Waals surface area contributed by atoms with Crippen LogP contribution in [0.5, 0.6) is 5.75 Å². The smallest absolute Gasteiger partial charge is 0.138 e. The summed E-state index contributed by atoms with van der Waals surface area (Å²) in [5.41, 5.74) is 2.38. The number of hydrogen-bond donors (Lipinski definition) is 1. The van der Waals surface area contributed by atoms with E-state index in [1.807, 2.05) is 0 Å². The van der Waals surface area contributed by atoms with Crippen molar-refractivity contribution in [1.29, 1.82) is 0 Å². The molecule has 0 unspecified atom stereocenters. The maximum atomic E-state index is 5.92. The summed E-state index contributed by atoms with van der Waals surface area (Å²) in [7, 11) is 1.81. The normalized spacial score (nSPS) is 20.2. The quantitative estimate of drug-likeness (QED) is 0.338. The van der Waals surface area contributed by atoms with Gasteiger partial charge in [-0.2, -0.15) is 0 Å². The molecule has 5 rings (SSSR count). The second-order valence-corrected chi connectivity index (χ2v) is 12.0. The Morgan fingerprint density at radius 1 is 0.921 bits per heavy atom.